The lowest BCUT2D eigenvalue weighted by molar-refractivity contribution is -0.135. The molecule has 1 aliphatic heterocycles. The maximum atomic E-state index is 12.9. The molecule has 25 heavy (non-hydrogen) atoms. The Morgan fingerprint density at radius 3 is 2.52 bits per heavy atom. The van der Waals surface area contributed by atoms with Crippen molar-refractivity contribution in [2.45, 2.75) is 26.2 Å². The van der Waals surface area contributed by atoms with Crippen molar-refractivity contribution in [2.75, 3.05) is 26.2 Å². The number of carbonyl (C=O) groups excluding carboxylic acids is 3. The Balaban J connectivity index is 1.80. The van der Waals surface area contributed by atoms with Crippen molar-refractivity contribution in [1.29, 1.82) is 0 Å². The van der Waals surface area contributed by atoms with Crippen LogP contribution in [0.2, 0.25) is 0 Å². The summed E-state index contributed by atoms with van der Waals surface area (Å²) in [5, 5.41) is 5.41. The topological polar surface area (TPSA) is 78.5 Å². The smallest absolute Gasteiger partial charge is 0.227 e. The van der Waals surface area contributed by atoms with E-state index in [4.69, 9.17) is 0 Å². The normalized spacial score (nSPS) is 17.0. The van der Waals surface area contributed by atoms with Gasteiger partial charge < -0.3 is 15.5 Å². The van der Waals surface area contributed by atoms with E-state index < -0.39 is 0 Å². The van der Waals surface area contributed by atoms with Gasteiger partial charge in [0.25, 0.3) is 0 Å². The number of benzene rings is 1. The van der Waals surface area contributed by atoms with Gasteiger partial charge in [-0.05, 0) is 30.5 Å². The van der Waals surface area contributed by atoms with E-state index in [9.17, 15) is 18.8 Å². The van der Waals surface area contributed by atoms with Crippen LogP contribution in [0.15, 0.2) is 24.3 Å². The molecule has 1 aromatic carbocycles. The van der Waals surface area contributed by atoms with Crippen molar-refractivity contribution in [3.05, 3.63) is 35.6 Å². The lowest BCUT2D eigenvalue weighted by Crippen LogP contribution is -2.46. The first-order valence-electron chi connectivity index (χ1n) is 8.50. The van der Waals surface area contributed by atoms with Crippen molar-refractivity contribution in [1.82, 2.24) is 15.5 Å². The molecule has 1 fully saturated rings. The van der Waals surface area contributed by atoms with Crippen LogP contribution in [0, 0.1) is 11.7 Å². The summed E-state index contributed by atoms with van der Waals surface area (Å²) in [6, 6.07) is 5.88. The molecular weight excluding hydrogens is 325 g/mol. The van der Waals surface area contributed by atoms with Crippen molar-refractivity contribution < 1.29 is 18.8 Å². The summed E-state index contributed by atoms with van der Waals surface area (Å²) >= 11 is 0. The van der Waals surface area contributed by atoms with E-state index in [0.717, 1.165) is 18.4 Å². The molecule has 0 spiro atoms. The maximum Gasteiger partial charge on any atom is 0.227 e. The number of hydrogen-bond donors (Lipinski definition) is 2. The van der Waals surface area contributed by atoms with E-state index in [1.54, 1.807) is 17.0 Å². The van der Waals surface area contributed by atoms with Crippen LogP contribution in [-0.2, 0) is 20.8 Å². The van der Waals surface area contributed by atoms with Gasteiger partial charge in [-0.3, -0.25) is 14.4 Å². The van der Waals surface area contributed by atoms with E-state index >= 15 is 0 Å². The van der Waals surface area contributed by atoms with Gasteiger partial charge in [-0.25, -0.2) is 4.39 Å². The molecule has 0 aromatic heterocycles. The fourth-order valence-corrected chi connectivity index (χ4v) is 2.87. The van der Waals surface area contributed by atoms with Gasteiger partial charge in [0.1, 0.15) is 5.82 Å². The van der Waals surface area contributed by atoms with E-state index in [2.05, 4.69) is 10.6 Å². The molecule has 0 radical (unpaired) electrons. The van der Waals surface area contributed by atoms with Gasteiger partial charge in [-0.2, -0.15) is 0 Å². The summed E-state index contributed by atoms with van der Waals surface area (Å²) in [6.07, 6.45) is 1.72. The Morgan fingerprint density at radius 1 is 1.16 bits per heavy atom. The van der Waals surface area contributed by atoms with Gasteiger partial charge in [0.05, 0.1) is 12.3 Å². The van der Waals surface area contributed by atoms with Crippen molar-refractivity contribution >= 4 is 17.7 Å². The molecule has 0 bridgehead atoms. The quantitative estimate of drug-likeness (QED) is 0.748. The highest BCUT2D eigenvalue weighted by Gasteiger charge is 2.28. The number of rotatable bonds is 6. The van der Waals surface area contributed by atoms with E-state index in [1.165, 1.54) is 19.1 Å². The SMILES string of the molecule is CC(=O)NCCNC(=O)C1CCCN(C(=O)Cc2ccc(F)cc2)C1. The van der Waals surface area contributed by atoms with Crippen LogP contribution in [0.1, 0.15) is 25.3 Å². The number of likely N-dealkylation sites (tertiary alicyclic amines) is 1. The molecule has 1 saturated heterocycles. The summed E-state index contributed by atoms with van der Waals surface area (Å²) in [5.74, 6) is -0.843. The fraction of sp³-hybridized carbons (Fsp3) is 0.500. The molecule has 1 aromatic rings. The fourth-order valence-electron chi connectivity index (χ4n) is 2.87. The number of nitrogens with one attached hydrogen (secondary N) is 2. The molecule has 3 amide bonds. The third-order valence-corrected chi connectivity index (χ3v) is 4.21. The summed E-state index contributed by atoms with van der Waals surface area (Å²) in [6.45, 7) is 3.22. The van der Waals surface area contributed by atoms with Gasteiger partial charge in [0.15, 0.2) is 0 Å². The second-order valence-electron chi connectivity index (χ2n) is 6.26. The minimum Gasteiger partial charge on any atom is -0.355 e. The highest BCUT2D eigenvalue weighted by Crippen LogP contribution is 2.18. The van der Waals surface area contributed by atoms with Crippen LogP contribution in [0.3, 0.4) is 0 Å². The average molecular weight is 349 g/mol. The highest BCUT2D eigenvalue weighted by molar-refractivity contribution is 5.82. The number of hydrogen-bond acceptors (Lipinski definition) is 3. The van der Waals surface area contributed by atoms with Crippen molar-refractivity contribution in [3.63, 3.8) is 0 Å². The largest absolute Gasteiger partial charge is 0.355 e. The maximum absolute atomic E-state index is 12.9. The zero-order chi connectivity index (χ0) is 18.2. The molecule has 6 nitrogen and oxygen atoms in total. The monoisotopic (exact) mass is 349 g/mol. The van der Waals surface area contributed by atoms with E-state index in [-0.39, 0.29) is 35.9 Å². The van der Waals surface area contributed by atoms with Crippen molar-refractivity contribution in [2.24, 2.45) is 5.92 Å². The number of nitrogens with zero attached hydrogens (tertiary/aromatic N) is 1. The minimum atomic E-state index is -0.329. The molecule has 2 rings (SSSR count). The first-order valence-corrected chi connectivity index (χ1v) is 8.50. The van der Waals surface area contributed by atoms with Gasteiger partial charge in [-0.15, -0.1) is 0 Å². The number of piperidine rings is 1. The predicted molar refractivity (Wildman–Crippen MR) is 91.1 cm³/mol. The van der Waals surface area contributed by atoms with Crippen LogP contribution < -0.4 is 10.6 Å². The molecule has 2 N–H and O–H groups in total. The van der Waals surface area contributed by atoms with E-state index in [0.29, 0.717) is 26.2 Å². The van der Waals surface area contributed by atoms with Gasteiger partial charge in [0.2, 0.25) is 17.7 Å². The summed E-state index contributed by atoms with van der Waals surface area (Å²) in [7, 11) is 0. The van der Waals surface area contributed by atoms with Crippen LogP contribution >= 0.6 is 0 Å². The second kappa shape index (κ2) is 9.15. The number of halogens is 1. The van der Waals surface area contributed by atoms with E-state index in [1.807, 2.05) is 0 Å². The first-order chi connectivity index (χ1) is 12.0. The lowest BCUT2D eigenvalue weighted by Gasteiger charge is -2.32. The summed E-state index contributed by atoms with van der Waals surface area (Å²) in [4.78, 5) is 37.1. The average Bonchev–Trinajstić information content (AvgIpc) is 2.60. The van der Waals surface area contributed by atoms with Gasteiger partial charge in [-0.1, -0.05) is 12.1 Å². The zero-order valence-corrected chi connectivity index (χ0v) is 14.4. The molecule has 7 heteroatoms. The van der Waals surface area contributed by atoms with Gasteiger partial charge >= 0.3 is 0 Å². The van der Waals surface area contributed by atoms with Gasteiger partial charge in [0, 0.05) is 33.1 Å². The number of carbonyl (C=O) groups is 3. The summed E-state index contributed by atoms with van der Waals surface area (Å²) < 4.78 is 12.9. The molecule has 1 heterocycles. The third kappa shape index (κ3) is 6.17. The molecule has 1 aliphatic rings. The number of amides is 3. The molecule has 1 unspecified atom stereocenters. The minimum absolute atomic E-state index is 0.0534. The van der Waals surface area contributed by atoms with Crippen LogP contribution in [0.4, 0.5) is 4.39 Å². The Bertz CT molecular complexity index is 618. The standard InChI is InChI=1S/C18H24FN3O3/c1-13(23)20-8-9-21-18(25)15-3-2-10-22(12-15)17(24)11-14-4-6-16(19)7-5-14/h4-7,15H,2-3,8-12H2,1H3,(H,20,23)(H,21,25). The Hall–Kier alpha value is -2.44. The highest BCUT2D eigenvalue weighted by atomic mass is 19.1. The zero-order valence-electron chi connectivity index (χ0n) is 14.4. The van der Waals surface area contributed by atoms with Crippen LogP contribution in [-0.4, -0.2) is 48.8 Å². The predicted octanol–water partition coefficient (Wildman–Crippen LogP) is 0.859. The van der Waals surface area contributed by atoms with Crippen LogP contribution in [0.25, 0.3) is 0 Å². The Kier molecular flexibility index (Phi) is 6.91. The Labute approximate surface area is 146 Å². The molecule has 0 saturated carbocycles. The van der Waals surface area contributed by atoms with Crippen LogP contribution in [0.5, 0.6) is 0 Å². The lowest BCUT2D eigenvalue weighted by atomic mass is 9.96. The molecule has 1 atom stereocenters. The second-order valence-corrected chi connectivity index (χ2v) is 6.26. The summed E-state index contributed by atoms with van der Waals surface area (Å²) in [5.41, 5.74) is 0.758. The molecule has 136 valence electrons. The Morgan fingerprint density at radius 2 is 1.84 bits per heavy atom. The third-order valence-electron chi connectivity index (χ3n) is 4.21. The van der Waals surface area contributed by atoms with Crippen molar-refractivity contribution in [3.8, 4) is 0 Å². The first kappa shape index (κ1) is 18.9. The molecular formula is C18H24FN3O3. The molecule has 0 aliphatic carbocycles.